The van der Waals surface area contributed by atoms with Crippen molar-refractivity contribution in [1.82, 2.24) is 10.2 Å². The van der Waals surface area contributed by atoms with E-state index in [-0.39, 0.29) is 0 Å². The number of likely N-dealkylation sites (N-methyl/N-ethyl adjacent to an activating group) is 1. The van der Waals surface area contributed by atoms with Crippen LogP contribution in [0.3, 0.4) is 0 Å². The number of alkyl halides is 3. The van der Waals surface area contributed by atoms with Gasteiger partial charge in [0.25, 0.3) is 0 Å². The Morgan fingerprint density at radius 2 is 2.00 bits per heavy atom. The van der Waals surface area contributed by atoms with Crippen molar-refractivity contribution in [2.24, 2.45) is 0 Å². The van der Waals surface area contributed by atoms with Gasteiger partial charge in [-0.15, -0.1) is 0 Å². The maximum atomic E-state index is 12.0. The van der Waals surface area contributed by atoms with E-state index in [1.807, 2.05) is 0 Å². The molecule has 5 heteroatoms. The van der Waals surface area contributed by atoms with Crippen molar-refractivity contribution in [1.29, 1.82) is 0 Å². The van der Waals surface area contributed by atoms with Crippen LogP contribution >= 0.6 is 0 Å². The fourth-order valence-electron chi connectivity index (χ4n) is 1.91. The Morgan fingerprint density at radius 3 is 2.44 bits per heavy atom. The molecule has 96 valence electrons. The highest BCUT2D eigenvalue weighted by atomic mass is 19.4. The van der Waals surface area contributed by atoms with Gasteiger partial charge in [-0.2, -0.15) is 13.2 Å². The SMILES string of the molecule is CCN(CCNC(C)CC(F)(F)F)C1CC1. The van der Waals surface area contributed by atoms with E-state index >= 15 is 0 Å². The van der Waals surface area contributed by atoms with E-state index in [2.05, 4.69) is 17.1 Å². The van der Waals surface area contributed by atoms with Gasteiger partial charge in [-0.1, -0.05) is 6.92 Å². The van der Waals surface area contributed by atoms with Gasteiger partial charge in [0.2, 0.25) is 0 Å². The van der Waals surface area contributed by atoms with E-state index in [1.54, 1.807) is 6.92 Å². The Labute approximate surface area is 95.2 Å². The number of nitrogens with one attached hydrogen (secondary N) is 1. The second-order valence-corrected chi connectivity index (χ2v) is 4.53. The van der Waals surface area contributed by atoms with Gasteiger partial charge in [0, 0.05) is 25.2 Å². The zero-order valence-electron chi connectivity index (χ0n) is 9.98. The predicted molar refractivity (Wildman–Crippen MR) is 58.4 cm³/mol. The van der Waals surface area contributed by atoms with Crippen molar-refractivity contribution in [2.45, 2.75) is 51.4 Å². The van der Waals surface area contributed by atoms with E-state index < -0.39 is 18.6 Å². The van der Waals surface area contributed by atoms with Crippen molar-refractivity contribution in [3.63, 3.8) is 0 Å². The van der Waals surface area contributed by atoms with Gasteiger partial charge in [0.05, 0.1) is 6.42 Å². The summed E-state index contributed by atoms with van der Waals surface area (Å²) >= 11 is 0. The first-order chi connectivity index (χ1) is 7.42. The third-order valence-corrected chi connectivity index (χ3v) is 2.90. The van der Waals surface area contributed by atoms with Crippen LogP contribution in [0, 0.1) is 0 Å². The quantitative estimate of drug-likeness (QED) is 0.732. The van der Waals surface area contributed by atoms with Crippen LogP contribution in [0.1, 0.15) is 33.1 Å². The van der Waals surface area contributed by atoms with E-state index in [0.717, 1.165) is 13.1 Å². The largest absolute Gasteiger partial charge is 0.390 e. The van der Waals surface area contributed by atoms with Crippen molar-refractivity contribution in [3.05, 3.63) is 0 Å². The Bertz CT molecular complexity index is 202. The normalized spacial score (nSPS) is 19.1. The van der Waals surface area contributed by atoms with E-state index in [4.69, 9.17) is 0 Å². The zero-order valence-corrected chi connectivity index (χ0v) is 9.98. The molecule has 1 aliphatic rings. The maximum Gasteiger partial charge on any atom is 0.390 e. The molecule has 1 unspecified atom stereocenters. The average molecular weight is 238 g/mol. The van der Waals surface area contributed by atoms with Crippen LogP contribution in [0.25, 0.3) is 0 Å². The number of nitrogens with zero attached hydrogens (tertiary/aromatic N) is 1. The molecule has 0 aromatic carbocycles. The third-order valence-electron chi connectivity index (χ3n) is 2.90. The summed E-state index contributed by atoms with van der Waals surface area (Å²) < 4.78 is 36.1. The highest BCUT2D eigenvalue weighted by molar-refractivity contribution is 4.84. The highest BCUT2D eigenvalue weighted by Gasteiger charge is 2.30. The smallest absolute Gasteiger partial charge is 0.313 e. The van der Waals surface area contributed by atoms with Gasteiger partial charge in [0.1, 0.15) is 0 Å². The molecule has 0 amide bonds. The molecule has 1 aliphatic carbocycles. The van der Waals surface area contributed by atoms with Crippen LogP contribution in [-0.4, -0.2) is 42.8 Å². The van der Waals surface area contributed by atoms with Gasteiger partial charge < -0.3 is 5.32 Å². The molecule has 1 fully saturated rings. The number of halogens is 3. The van der Waals surface area contributed by atoms with E-state index in [0.29, 0.717) is 12.6 Å². The molecule has 0 aromatic heterocycles. The Hall–Kier alpha value is -0.290. The summed E-state index contributed by atoms with van der Waals surface area (Å²) in [4.78, 5) is 2.33. The summed E-state index contributed by atoms with van der Waals surface area (Å²) in [6.07, 6.45) is -2.33. The highest BCUT2D eigenvalue weighted by Crippen LogP contribution is 2.26. The minimum absolute atomic E-state index is 0.488. The van der Waals surface area contributed by atoms with Crippen molar-refractivity contribution >= 4 is 0 Å². The Balaban J connectivity index is 2.09. The molecule has 1 saturated carbocycles. The first-order valence-electron chi connectivity index (χ1n) is 5.96. The second-order valence-electron chi connectivity index (χ2n) is 4.53. The molecule has 0 spiro atoms. The van der Waals surface area contributed by atoms with Crippen LogP contribution in [0.4, 0.5) is 13.2 Å². The summed E-state index contributed by atoms with van der Waals surface area (Å²) in [6.45, 7) is 6.16. The van der Waals surface area contributed by atoms with Crippen molar-refractivity contribution in [3.8, 4) is 0 Å². The Morgan fingerprint density at radius 1 is 1.38 bits per heavy atom. The minimum atomic E-state index is -4.06. The molecule has 0 saturated heterocycles. The van der Waals surface area contributed by atoms with Crippen LogP contribution in [0.15, 0.2) is 0 Å². The Kier molecular flexibility index (Phi) is 5.05. The number of hydrogen-bond acceptors (Lipinski definition) is 2. The van der Waals surface area contributed by atoms with Gasteiger partial charge in [-0.05, 0) is 26.3 Å². The van der Waals surface area contributed by atoms with Crippen LogP contribution in [-0.2, 0) is 0 Å². The fraction of sp³-hybridized carbons (Fsp3) is 1.00. The van der Waals surface area contributed by atoms with Crippen molar-refractivity contribution < 1.29 is 13.2 Å². The molecule has 2 nitrogen and oxygen atoms in total. The predicted octanol–water partition coefficient (Wildman–Crippen LogP) is 2.40. The lowest BCUT2D eigenvalue weighted by atomic mass is 10.2. The van der Waals surface area contributed by atoms with Crippen LogP contribution < -0.4 is 5.32 Å². The average Bonchev–Trinajstić information content (AvgIpc) is 2.92. The summed E-state index contributed by atoms with van der Waals surface area (Å²) in [6, 6.07) is 0.197. The molecular formula is C11H21F3N2. The number of hydrogen-bond donors (Lipinski definition) is 1. The first kappa shape index (κ1) is 13.8. The molecule has 0 aromatic rings. The van der Waals surface area contributed by atoms with Gasteiger partial charge in [-0.25, -0.2) is 0 Å². The van der Waals surface area contributed by atoms with E-state index in [9.17, 15) is 13.2 Å². The van der Waals surface area contributed by atoms with Gasteiger partial charge >= 0.3 is 6.18 Å². The van der Waals surface area contributed by atoms with Crippen LogP contribution in [0.5, 0.6) is 0 Å². The van der Waals surface area contributed by atoms with E-state index in [1.165, 1.54) is 12.8 Å². The molecule has 1 N–H and O–H groups in total. The summed E-state index contributed by atoms with van der Waals surface area (Å²) in [5, 5.41) is 2.92. The third kappa shape index (κ3) is 5.70. The van der Waals surface area contributed by atoms with Crippen LogP contribution in [0.2, 0.25) is 0 Å². The molecule has 16 heavy (non-hydrogen) atoms. The fourth-order valence-corrected chi connectivity index (χ4v) is 1.91. The monoisotopic (exact) mass is 238 g/mol. The summed E-state index contributed by atoms with van der Waals surface area (Å²) in [5.41, 5.74) is 0. The summed E-state index contributed by atoms with van der Waals surface area (Å²) in [7, 11) is 0. The molecule has 0 heterocycles. The lowest BCUT2D eigenvalue weighted by molar-refractivity contribution is -0.139. The second kappa shape index (κ2) is 5.87. The molecule has 1 atom stereocenters. The topological polar surface area (TPSA) is 15.3 Å². The van der Waals surface area contributed by atoms with Gasteiger partial charge in [-0.3, -0.25) is 4.90 Å². The number of rotatable bonds is 7. The van der Waals surface area contributed by atoms with Crippen molar-refractivity contribution in [2.75, 3.05) is 19.6 Å². The lowest BCUT2D eigenvalue weighted by Crippen LogP contribution is -2.38. The maximum absolute atomic E-state index is 12.0. The minimum Gasteiger partial charge on any atom is -0.313 e. The molecule has 0 aliphatic heterocycles. The zero-order chi connectivity index (χ0) is 12.2. The standard InChI is InChI=1S/C11H21F3N2/c1-3-16(10-4-5-10)7-6-15-9(2)8-11(12,13)14/h9-10,15H,3-8H2,1-2H3. The summed E-state index contributed by atoms with van der Waals surface area (Å²) in [5.74, 6) is 0. The molecule has 0 radical (unpaired) electrons. The lowest BCUT2D eigenvalue weighted by Gasteiger charge is -2.22. The first-order valence-corrected chi connectivity index (χ1v) is 5.96. The van der Waals surface area contributed by atoms with Gasteiger partial charge in [0.15, 0.2) is 0 Å². The molecule has 1 rings (SSSR count). The molecular weight excluding hydrogens is 217 g/mol. The molecule has 0 bridgehead atoms.